The lowest BCUT2D eigenvalue weighted by molar-refractivity contribution is 1.12. The fourth-order valence-corrected chi connectivity index (χ4v) is 2.22. The summed E-state index contributed by atoms with van der Waals surface area (Å²) >= 11 is 0. The third-order valence-corrected chi connectivity index (χ3v) is 3.08. The van der Waals surface area contributed by atoms with Gasteiger partial charge in [0, 0.05) is 5.71 Å². The first-order valence-corrected chi connectivity index (χ1v) is 7.12. The van der Waals surface area contributed by atoms with E-state index in [1.54, 1.807) is 6.20 Å². The molecule has 3 heteroatoms. The predicted octanol–water partition coefficient (Wildman–Crippen LogP) is 4.46. The third-order valence-electron chi connectivity index (χ3n) is 3.08. The van der Waals surface area contributed by atoms with Crippen LogP contribution in [0, 0.1) is 13.8 Å². The summed E-state index contributed by atoms with van der Waals surface area (Å²) in [5, 5.41) is 0. The van der Waals surface area contributed by atoms with E-state index in [0.29, 0.717) is 0 Å². The molecule has 0 amide bonds. The number of hydrogen-bond acceptors (Lipinski definition) is 2. The minimum Gasteiger partial charge on any atom is -0.404 e. The Morgan fingerprint density at radius 2 is 1.70 bits per heavy atom. The Labute approximate surface area is 122 Å². The molecule has 0 fully saturated rings. The number of rotatable bonds is 4. The van der Waals surface area contributed by atoms with E-state index in [4.69, 9.17) is 5.73 Å². The van der Waals surface area contributed by atoms with E-state index in [2.05, 4.69) is 55.9 Å². The molecule has 0 aliphatic heterocycles. The van der Waals surface area contributed by atoms with Crippen LogP contribution in [-0.4, -0.2) is 11.5 Å². The average molecular weight is 271 g/mol. The van der Waals surface area contributed by atoms with Crippen molar-refractivity contribution in [2.24, 2.45) is 15.7 Å². The van der Waals surface area contributed by atoms with E-state index in [-0.39, 0.29) is 0 Å². The summed E-state index contributed by atoms with van der Waals surface area (Å²) < 4.78 is 0. The minimum atomic E-state index is 0.764. The number of aryl methyl sites for hydroxylation is 2. The molecular formula is C17H25N3. The van der Waals surface area contributed by atoms with Crippen molar-refractivity contribution in [1.29, 1.82) is 0 Å². The van der Waals surface area contributed by atoms with E-state index in [1.165, 1.54) is 11.1 Å². The van der Waals surface area contributed by atoms with Crippen molar-refractivity contribution in [3.8, 4) is 0 Å². The SMILES string of the molecule is CCC(=NC(C)=Nc1cc(C)cc(C)c1)/C(=C\N)CC. The van der Waals surface area contributed by atoms with Crippen LogP contribution in [0.25, 0.3) is 0 Å². The van der Waals surface area contributed by atoms with E-state index in [9.17, 15) is 0 Å². The van der Waals surface area contributed by atoms with Gasteiger partial charge in [0.05, 0.1) is 5.69 Å². The van der Waals surface area contributed by atoms with Crippen molar-refractivity contribution in [2.75, 3.05) is 0 Å². The van der Waals surface area contributed by atoms with Gasteiger partial charge in [0.15, 0.2) is 0 Å². The van der Waals surface area contributed by atoms with E-state index in [1.807, 2.05) is 6.92 Å². The Kier molecular flexibility index (Phi) is 6.16. The number of aliphatic imine (C=N–C) groups is 2. The molecule has 3 nitrogen and oxygen atoms in total. The molecule has 0 saturated carbocycles. The number of benzene rings is 1. The molecule has 0 aromatic heterocycles. The highest BCUT2D eigenvalue weighted by atomic mass is 14.9. The number of amidine groups is 1. The van der Waals surface area contributed by atoms with Crippen LogP contribution in [0.2, 0.25) is 0 Å². The van der Waals surface area contributed by atoms with Gasteiger partial charge in [-0.05, 0) is 68.6 Å². The van der Waals surface area contributed by atoms with Gasteiger partial charge in [-0.2, -0.15) is 0 Å². The van der Waals surface area contributed by atoms with Gasteiger partial charge in [-0.25, -0.2) is 9.98 Å². The zero-order chi connectivity index (χ0) is 15.1. The molecule has 0 unspecified atom stereocenters. The van der Waals surface area contributed by atoms with Crippen molar-refractivity contribution in [3.05, 3.63) is 41.1 Å². The maximum Gasteiger partial charge on any atom is 0.126 e. The first-order valence-electron chi connectivity index (χ1n) is 7.12. The molecule has 108 valence electrons. The summed E-state index contributed by atoms with van der Waals surface area (Å²) in [4.78, 5) is 9.19. The van der Waals surface area contributed by atoms with Crippen molar-refractivity contribution in [1.82, 2.24) is 0 Å². The summed E-state index contributed by atoms with van der Waals surface area (Å²) in [5.41, 5.74) is 11.1. The minimum absolute atomic E-state index is 0.764. The van der Waals surface area contributed by atoms with Gasteiger partial charge >= 0.3 is 0 Å². The molecule has 20 heavy (non-hydrogen) atoms. The molecule has 0 heterocycles. The van der Waals surface area contributed by atoms with Gasteiger partial charge in [-0.1, -0.05) is 19.9 Å². The average Bonchev–Trinajstić information content (AvgIpc) is 2.37. The van der Waals surface area contributed by atoms with Crippen molar-refractivity contribution in [2.45, 2.75) is 47.5 Å². The number of nitrogens with zero attached hydrogens (tertiary/aromatic N) is 2. The molecule has 0 bridgehead atoms. The van der Waals surface area contributed by atoms with E-state index in [0.717, 1.165) is 35.6 Å². The Morgan fingerprint density at radius 1 is 1.10 bits per heavy atom. The molecule has 2 N–H and O–H groups in total. The maximum absolute atomic E-state index is 5.65. The summed E-state index contributed by atoms with van der Waals surface area (Å²) in [6.45, 7) is 10.3. The highest BCUT2D eigenvalue weighted by molar-refractivity contribution is 6.06. The van der Waals surface area contributed by atoms with Gasteiger partial charge in [0.25, 0.3) is 0 Å². The molecule has 1 rings (SSSR count). The second-order valence-corrected chi connectivity index (χ2v) is 4.96. The smallest absolute Gasteiger partial charge is 0.126 e. The van der Waals surface area contributed by atoms with Crippen LogP contribution in [0.3, 0.4) is 0 Å². The Hall–Kier alpha value is -1.90. The van der Waals surface area contributed by atoms with Crippen LogP contribution in [0.5, 0.6) is 0 Å². The second kappa shape index (κ2) is 7.63. The zero-order valence-electron chi connectivity index (χ0n) is 13.2. The third kappa shape index (κ3) is 4.65. The standard InChI is InChI=1S/C17H25N3/c1-6-15(11-18)17(7-2)20-14(5)19-16-9-12(3)8-13(4)10-16/h8-11H,6-7,18H2,1-5H3/b15-11-,19-14?,20-17?. The van der Waals surface area contributed by atoms with Gasteiger partial charge in [0.2, 0.25) is 0 Å². The summed E-state index contributed by atoms with van der Waals surface area (Å²) in [5.74, 6) is 0.764. The topological polar surface area (TPSA) is 50.7 Å². The highest BCUT2D eigenvalue weighted by Crippen LogP contribution is 2.17. The van der Waals surface area contributed by atoms with Crippen LogP contribution in [0.15, 0.2) is 40.0 Å². The monoisotopic (exact) mass is 271 g/mol. The molecule has 0 spiro atoms. The second-order valence-electron chi connectivity index (χ2n) is 4.96. The van der Waals surface area contributed by atoms with Crippen LogP contribution >= 0.6 is 0 Å². The lowest BCUT2D eigenvalue weighted by Crippen LogP contribution is -2.05. The first kappa shape index (κ1) is 16.2. The zero-order valence-corrected chi connectivity index (χ0v) is 13.2. The van der Waals surface area contributed by atoms with Crippen LogP contribution in [-0.2, 0) is 0 Å². The largest absolute Gasteiger partial charge is 0.404 e. The molecule has 1 aromatic rings. The number of hydrogen-bond donors (Lipinski definition) is 1. The summed E-state index contributed by atoms with van der Waals surface area (Å²) in [6.07, 6.45) is 3.39. The molecular weight excluding hydrogens is 246 g/mol. The Balaban J connectivity index is 3.09. The fourth-order valence-electron chi connectivity index (χ4n) is 2.22. The Bertz CT molecular complexity index is 531. The lowest BCUT2D eigenvalue weighted by Gasteiger charge is -2.06. The number of nitrogens with two attached hydrogens (primary N) is 1. The normalized spacial score (nSPS) is 13.8. The van der Waals surface area contributed by atoms with Crippen molar-refractivity contribution < 1.29 is 0 Å². The van der Waals surface area contributed by atoms with Gasteiger partial charge in [-0.3, -0.25) is 0 Å². The summed E-state index contributed by atoms with van der Waals surface area (Å²) in [6, 6.07) is 6.27. The van der Waals surface area contributed by atoms with Crippen molar-refractivity contribution >= 4 is 17.2 Å². The molecule has 0 saturated heterocycles. The summed E-state index contributed by atoms with van der Waals surface area (Å²) in [7, 11) is 0. The van der Waals surface area contributed by atoms with Gasteiger partial charge < -0.3 is 5.73 Å². The molecule has 1 aromatic carbocycles. The van der Waals surface area contributed by atoms with Gasteiger partial charge in [0.1, 0.15) is 5.84 Å². The molecule has 0 aliphatic rings. The molecule has 0 radical (unpaired) electrons. The van der Waals surface area contributed by atoms with Crippen LogP contribution < -0.4 is 5.73 Å². The van der Waals surface area contributed by atoms with E-state index < -0.39 is 0 Å². The maximum atomic E-state index is 5.65. The van der Waals surface area contributed by atoms with Gasteiger partial charge in [-0.15, -0.1) is 0 Å². The van der Waals surface area contributed by atoms with Crippen LogP contribution in [0.1, 0.15) is 44.7 Å². The fraction of sp³-hybridized carbons (Fsp3) is 0.412. The Morgan fingerprint density at radius 3 is 2.15 bits per heavy atom. The van der Waals surface area contributed by atoms with E-state index >= 15 is 0 Å². The molecule has 0 atom stereocenters. The lowest BCUT2D eigenvalue weighted by atomic mass is 10.1. The highest BCUT2D eigenvalue weighted by Gasteiger charge is 2.03. The molecule has 0 aliphatic carbocycles. The number of allylic oxidation sites excluding steroid dienone is 1. The van der Waals surface area contributed by atoms with Crippen molar-refractivity contribution in [3.63, 3.8) is 0 Å². The quantitative estimate of drug-likeness (QED) is 0.638. The van der Waals surface area contributed by atoms with Crippen LogP contribution in [0.4, 0.5) is 5.69 Å². The predicted molar refractivity (Wildman–Crippen MR) is 89.0 cm³/mol. The first-order chi connectivity index (χ1) is 9.49.